The van der Waals surface area contributed by atoms with Gasteiger partial charge in [0.1, 0.15) is 0 Å². The lowest BCUT2D eigenvalue weighted by Gasteiger charge is -2.15. The number of nitrogens with zero attached hydrogens (tertiary/aromatic N) is 1. The lowest BCUT2D eigenvalue weighted by atomic mass is 10.00. The van der Waals surface area contributed by atoms with Crippen LogP contribution in [-0.4, -0.2) is 18.7 Å². The Morgan fingerprint density at radius 2 is 1.44 bits per heavy atom. The molecule has 1 amide bonds. The molecule has 0 radical (unpaired) electrons. The van der Waals surface area contributed by atoms with Crippen LogP contribution >= 0.6 is 0 Å². The molecule has 1 aliphatic carbocycles. The highest BCUT2D eigenvalue weighted by molar-refractivity contribution is 5.87. The van der Waals surface area contributed by atoms with E-state index in [1.807, 2.05) is 30.3 Å². The van der Waals surface area contributed by atoms with Gasteiger partial charge in [0, 0.05) is 12.8 Å². The van der Waals surface area contributed by atoms with Crippen LogP contribution in [-0.2, 0) is 9.53 Å². The lowest BCUT2D eigenvalue weighted by Crippen LogP contribution is -2.27. The van der Waals surface area contributed by atoms with E-state index in [0.29, 0.717) is 0 Å². The van der Waals surface area contributed by atoms with Gasteiger partial charge in [-0.25, -0.2) is 5.43 Å². The standard InChI is InChI=1S/C21H32N2O2/c1-25-20(18-14-10-9-11-15-18)21(24)23-22-19-16-12-7-5-3-2-4-6-8-13-17-19/h9-11,14-15,20H,2-8,12-13,16-17H2,1H3,(H,23,24). The van der Waals surface area contributed by atoms with Crippen molar-refractivity contribution >= 4 is 11.6 Å². The molecule has 1 N–H and O–H groups in total. The van der Waals surface area contributed by atoms with Crippen molar-refractivity contribution in [3.05, 3.63) is 35.9 Å². The number of hydrogen-bond donors (Lipinski definition) is 1. The summed E-state index contributed by atoms with van der Waals surface area (Å²) in [5.41, 5.74) is 4.71. The third-order valence-corrected chi connectivity index (χ3v) is 4.83. The van der Waals surface area contributed by atoms with Crippen molar-refractivity contribution in [2.45, 2.75) is 76.7 Å². The van der Waals surface area contributed by atoms with Crippen LogP contribution in [0.2, 0.25) is 0 Å². The molecule has 0 aromatic heterocycles. The third-order valence-electron chi connectivity index (χ3n) is 4.83. The Kier molecular flexibility index (Phi) is 9.27. The van der Waals surface area contributed by atoms with Crippen LogP contribution in [0, 0.1) is 0 Å². The SMILES string of the molecule is COC(C(=O)NN=C1CCCCCCCCCCC1)c1ccccc1. The largest absolute Gasteiger partial charge is 0.367 e. The molecule has 2 rings (SSSR count). The van der Waals surface area contributed by atoms with Crippen LogP contribution in [0.5, 0.6) is 0 Å². The Labute approximate surface area is 152 Å². The molecule has 138 valence electrons. The number of methoxy groups -OCH3 is 1. The second-order valence-electron chi connectivity index (χ2n) is 6.86. The Bertz CT molecular complexity index is 514. The van der Waals surface area contributed by atoms with E-state index in [2.05, 4.69) is 10.5 Å². The molecule has 1 fully saturated rings. The van der Waals surface area contributed by atoms with Crippen LogP contribution in [0.3, 0.4) is 0 Å². The Morgan fingerprint density at radius 3 is 1.96 bits per heavy atom. The molecule has 1 aliphatic rings. The fourth-order valence-electron chi connectivity index (χ4n) is 3.35. The summed E-state index contributed by atoms with van der Waals surface area (Å²) in [7, 11) is 1.56. The van der Waals surface area contributed by atoms with E-state index in [4.69, 9.17) is 4.74 Å². The number of carbonyl (C=O) groups excluding carboxylic acids is 1. The second-order valence-corrected chi connectivity index (χ2v) is 6.86. The number of nitrogens with one attached hydrogen (secondary N) is 1. The van der Waals surface area contributed by atoms with Crippen LogP contribution in [0.15, 0.2) is 35.4 Å². The first-order valence-corrected chi connectivity index (χ1v) is 9.74. The van der Waals surface area contributed by atoms with Gasteiger partial charge in [0.15, 0.2) is 6.10 Å². The number of hydrazone groups is 1. The van der Waals surface area contributed by atoms with Gasteiger partial charge in [-0.15, -0.1) is 0 Å². The minimum atomic E-state index is -0.614. The summed E-state index contributed by atoms with van der Waals surface area (Å²) in [5.74, 6) is -0.202. The van der Waals surface area contributed by atoms with Crippen molar-refractivity contribution in [2.24, 2.45) is 5.10 Å². The molecule has 1 aromatic carbocycles. The van der Waals surface area contributed by atoms with Crippen molar-refractivity contribution in [1.82, 2.24) is 5.43 Å². The zero-order valence-electron chi connectivity index (χ0n) is 15.5. The molecule has 0 aliphatic heterocycles. The summed E-state index contributed by atoms with van der Waals surface area (Å²) in [6.45, 7) is 0. The smallest absolute Gasteiger partial charge is 0.273 e. The Hall–Kier alpha value is -1.68. The van der Waals surface area contributed by atoms with Crippen LogP contribution in [0.1, 0.15) is 82.3 Å². The predicted molar refractivity (Wildman–Crippen MR) is 103 cm³/mol. The van der Waals surface area contributed by atoms with E-state index in [9.17, 15) is 4.79 Å². The minimum Gasteiger partial charge on any atom is -0.367 e. The van der Waals surface area contributed by atoms with E-state index in [1.165, 1.54) is 57.8 Å². The highest BCUT2D eigenvalue weighted by Crippen LogP contribution is 2.17. The number of carbonyl (C=O) groups is 1. The highest BCUT2D eigenvalue weighted by Gasteiger charge is 2.19. The molecule has 1 atom stereocenters. The molecule has 25 heavy (non-hydrogen) atoms. The van der Waals surface area contributed by atoms with Gasteiger partial charge in [0.25, 0.3) is 5.91 Å². The fourth-order valence-corrected chi connectivity index (χ4v) is 3.35. The number of ether oxygens (including phenoxy) is 1. The molecule has 1 unspecified atom stereocenters. The molecule has 0 bridgehead atoms. The highest BCUT2D eigenvalue weighted by atomic mass is 16.5. The van der Waals surface area contributed by atoms with Crippen molar-refractivity contribution in [3.63, 3.8) is 0 Å². The van der Waals surface area contributed by atoms with E-state index < -0.39 is 6.10 Å². The van der Waals surface area contributed by atoms with Crippen molar-refractivity contribution in [1.29, 1.82) is 0 Å². The van der Waals surface area contributed by atoms with E-state index >= 15 is 0 Å². The van der Waals surface area contributed by atoms with E-state index in [1.54, 1.807) is 7.11 Å². The first kappa shape index (κ1) is 19.6. The molecule has 0 heterocycles. The summed E-state index contributed by atoms with van der Waals surface area (Å²) in [4.78, 5) is 12.5. The average molecular weight is 344 g/mol. The first-order valence-electron chi connectivity index (χ1n) is 9.74. The van der Waals surface area contributed by atoms with Gasteiger partial charge in [-0.1, -0.05) is 75.3 Å². The first-order chi connectivity index (χ1) is 12.3. The van der Waals surface area contributed by atoms with Crippen molar-refractivity contribution in [2.75, 3.05) is 7.11 Å². The second kappa shape index (κ2) is 11.8. The molecule has 0 spiro atoms. The zero-order chi connectivity index (χ0) is 17.7. The van der Waals surface area contributed by atoms with Crippen molar-refractivity contribution < 1.29 is 9.53 Å². The number of benzene rings is 1. The number of amides is 1. The maximum absolute atomic E-state index is 12.5. The maximum atomic E-state index is 12.5. The molecule has 0 saturated heterocycles. The topological polar surface area (TPSA) is 50.7 Å². The normalized spacial score (nSPS) is 18.5. The van der Waals surface area contributed by atoms with Gasteiger partial charge in [0.2, 0.25) is 0 Å². The van der Waals surface area contributed by atoms with Gasteiger partial charge >= 0.3 is 0 Å². The van der Waals surface area contributed by atoms with Gasteiger partial charge in [-0.3, -0.25) is 4.79 Å². The van der Waals surface area contributed by atoms with Gasteiger partial charge in [0.05, 0.1) is 0 Å². The summed E-state index contributed by atoms with van der Waals surface area (Å²) in [6.07, 6.45) is 13.0. The van der Waals surface area contributed by atoms with Crippen LogP contribution in [0.4, 0.5) is 0 Å². The van der Waals surface area contributed by atoms with Crippen LogP contribution in [0.25, 0.3) is 0 Å². The fraction of sp³-hybridized carbons (Fsp3) is 0.619. The van der Waals surface area contributed by atoms with E-state index in [0.717, 1.165) is 24.1 Å². The molecule has 1 saturated carbocycles. The predicted octanol–water partition coefficient (Wildman–Crippen LogP) is 5.15. The van der Waals surface area contributed by atoms with Gasteiger partial charge in [-0.2, -0.15) is 5.10 Å². The van der Waals surface area contributed by atoms with E-state index in [-0.39, 0.29) is 5.91 Å². The maximum Gasteiger partial charge on any atom is 0.273 e. The average Bonchev–Trinajstić information content (AvgIpc) is 2.63. The summed E-state index contributed by atoms with van der Waals surface area (Å²) >= 11 is 0. The Morgan fingerprint density at radius 1 is 0.920 bits per heavy atom. The van der Waals surface area contributed by atoms with Gasteiger partial charge < -0.3 is 4.74 Å². The zero-order valence-corrected chi connectivity index (χ0v) is 15.5. The summed E-state index contributed by atoms with van der Waals surface area (Å²) in [6, 6.07) is 9.55. The lowest BCUT2D eigenvalue weighted by molar-refractivity contribution is -0.131. The number of rotatable bonds is 4. The molecular formula is C21H32N2O2. The monoisotopic (exact) mass is 344 g/mol. The third kappa shape index (κ3) is 7.39. The molecule has 1 aromatic rings. The molecular weight excluding hydrogens is 312 g/mol. The summed E-state index contributed by atoms with van der Waals surface area (Å²) < 4.78 is 5.37. The molecule has 4 heteroatoms. The van der Waals surface area contributed by atoms with Crippen LogP contribution < -0.4 is 5.43 Å². The Balaban J connectivity index is 1.92. The van der Waals surface area contributed by atoms with Crippen molar-refractivity contribution in [3.8, 4) is 0 Å². The van der Waals surface area contributed by atoms with Gasteiger partial charge in [-0.05, 0) is 31.2 Å². The number of hydrogen-bond acceptors (Lipinski definition) is 3. The quantitative estimate of drug-likeness (QED) is 0.768. The molecule has 4 nitrogen and oxygen atoms in total. The minimum absolute atomic E-state index is 0.202. The summed E-state index contributed by atoms with van der Waals surface area (Å²) in [5, 5.41) is 4.44.